The minimum Gasteiger partial charge on any atom is -0.746 e. The van der Waals surface area contributed by atoms with Crippen LogP contribution < -0.4 is 39.0 Å². The van der Waals surface area contributed by atoms with Crippen LogP contribution in [0, 0.1) is 0 Å². The van der Waals surface area contributed by atoms with Gasteiger partial charge in [-0.2, -0.15) is 0 Å². The van der Waals surface area contributed by atoms with Crippen molar-refractivity contribution in [3.8, 4) is 11.5 Å². The van der Waals surface area contributed by atoms with Crippen LogP contribution in [-0.4, -0.2) is 37.2 Å². The fourth-order valence-corrected chi connectivity index (χ4v) is 2.97. The van der Waals surface area contributed by atoms with Gasteiger partial charge in [-0.05, 0) is 36.1 Å². The van der Waals surface area contributed by atoms with E-state index in [9.17, 15) is 18.1 Å². The van der Waals surface area contributed by atoms with E-state index < -0.39 is 15.1 Å². The van der Waals surface area contributed by atoms with Crippen LogP contribution in [-0.2, 0) is 23.0 Å². The summed E-state index contributed by atoms with van der Waals surface area (Å²) >= 11 is 0. The molecule has 0 amide bonds. The third kappa shape index (κ3) is 3.13. The Kier molecular flexibility index (Phi) is 5.51. The van der Waals surface area contributed by atoms with Crippen LogP contribution in [0.5, 0.6) is 11.5 Å². The van der Waals surface area contributed by atoms with E-state index in [2.05, 4.69) is 0 Å². The van der Waals surface area contributed by atoms with Crippen molar-refractivity contribution in [3.63, 3.8) is 0 Å². The number of aryl methyl sites for hydroxylation is 1. The smallest absolute Gasteiger partial charge is 0.746 e. The summed E-state index contributed by atoms with van der Waals surface area (Å²) in [6.45, 7) is 0. The van der Waals surface area contributed by atoms with E-state index in [4.69, 9.17) is 9.47 Å². The molecule has 2 rings (SSSR count). The fraction of sp³-hybridized carbons (Fsp3) is 0.500. The molecule has 0 saturated heterocycles. The van der Waals surface area contributed by atoms with Gasteiger partial charge in [0, 0.05) is 6.42 Å². The largest absolute Gasteiger partial charge is 1.00 e. The number of rotatable bonds is 3. The summed E-state index contributed by atoms with van der Waals surface area (Å²) < 4.78 is 43.7. The fourth-order valence-electron chi connectivity index (χ4n) is 2.29. The first kappa shape index (κ1) is 17.7. The normalized spacial score (nSPS) is 21.6. The topological polar surface area (TPSA) is 95.9 Å². The average Bonchev–Trinajstić information content (AvgIpc) is 2.35. The Morgan fingerprint density at radius 1 is 1.20 bits per heavy atom. The quantitative estimate of drug-likeness (QED) is 0.487. The maximum absolute atomic E-state index is 11.1. The van der Waals surface area contributed by atoms with Crippen LogP contribution in [0.25, 0.3) is 0 Å². The van der Waals surface area contributed by atoms with Gasteiger partial charge in [-0.25, -0.2) is 8.42 Å². The third-order valence-electron chi connectivity index (χ3n) is 3.42. The van der Waals surface area contributed by atoms with Crippen molar-refractivity contribution in [1.82, 2.24) is 0 Å². The molecule has 1 aliphatic rings. The summed E-state index contributed by atoms with van der Waals surface area (Å²) in [4.78, 5) is -2.24. The van der Waals surface area contributed by atoms with Gasteiger partial charge in [0.05, 0.1) is 14.2 Å². The Balaban J connectivity index is 0.00000200. The van der Waals surface area contributed by atoms with Gasteiger partial charge in [-0.1, -0.05) is 0 Å². The zero-order chi connectivity index (χ0) is 14.3. The number of hydrogen-bond acceptors (Lipinski definition) is 6. The van der Waals surface area contributed by atoms with Crippen molar-refractivity contribution in [1.29, 1.82) is 0 Å². The van der Waals surface area contributed by atoms with Crippen LogP contribution in [0.2, 0.25) is 0 Å². The van der Waals surface area contributed by atoms with E-state index >= 15 is 0 Å². The monoisotopic (exact) mass is 310 g/mol. The zero-order valence-electron chi connectivity index (χ0n) is 11.7. The number of aliphatic hydroxyl groups is 1. The van der Waals surface area contributed by atoms with Gasteiger partial charge in [0.1, 0.15) is 10.1 Å². The summed E-state index contributed by atoms with van der Waals surface area (Å²) in [5.41, 5.74) is 1.44. The van der Waals surface area contributed by atoms with Gasteiger partial charge in [0.15, 0.2) is 16.4 Å². The first-order chi connectivity index (χ1) is 8.80. The summed E-state index contributed by atoms with van der Waals surface area (Å²) in [5.74, 6) is 0.977. The summed E-state index contributed by atoms with van der Waals surface area (Å²) in [7, 11) is -1.80. The molecule has 20 heavy (non-hydrogen) atoms. The molecule has 0 spiro atoms. The van der Waals surface area contributed by atoms with E-state index in [1.807, 2.05) is 0 Å². The molecule has 1 atom stereocenters. The van der Waals surface area contributed by atoms with Gasteiger partial charge in [-0.3, -0.25) is 0 Å². The second-order valence-electron chi connectivity index (χ2n) is 4.55. The number of hydrogen-bond donors (Lipinski definition) is 1. The molecule has 1 aromatic carbocycles. The van der Waals surface area contributed by atoms with Gasteiger partial charge in [0.2, 0.25) is 0 Å². The molecule has 0 fully saturated rings. The predicted molar refractivity (Wildman–Crippen MR) is 66.2 cm³/mol. The van der Waals surface area contributed by atoms with E-state index in [1.165, 1.54) is 14.2 Å². The molecule has 0 heterocycles. The molecular formula is C12H15NaO6S. The molecule has 8 heteroatoms. The molecule has 0 aromatic heterocycles. The van der Waals surface area contributed by atoms with Crippen molar-refractivity contribution < 1.29 is 57.1 Å². The SMILES string of the molecule is COc1cc2c(cc1OC)CC(O)(S(=O)(=O)[O-])CC2.[Na+]. The Morgan fingerprint density at radius 3 is 2.15 bits per heavy atom. The average molecular weight is 310 g/mol. The van der Waals surface area contributed by atoms with Crippen molar-refractivity contribution in [2.75, 3.05) is 14.2 Å². The van der Waals surface area contributed by atoms with Gasteiger partial charge < -0.3 is 19.1 Å². The molecule has 0 aliphatic heterocycles. The van der Waals surface area contributed by atoms with E-state index in [1.54, 1.807) is 12.1 Å². The number of ether oxygens (including phenoxy) is 2. The predicted octanol–water partition coefficient (Wildman–Crippen LogP) is -2.57. The molecule has 0 bridgehead atoms. The van der Waals surface area contributed by atoms with Crippen LogP contribution >= 0.6 is 0 Å². The van der Waals surface area contributed by atoms with Crippen LogP contribution in [0.4, 0.5) is 0 Å². The van der Waals surface area contributed by atoms with Gasteiger partial charge in [-0.15, -0.1) is 0 Å². The standard InChI is InChI=1S/C12H16O6S.Na/c1-17-10-5-8-3-4-12(13,19(14,15)16)7-9(8)6-11(10)18-2;/h5-6,13H,3-4,7H2,1-2H3,(H,14,15,16);/q;+1/p-1. The van der Waals surface area contributed by atoms with Crippen molar-refractivity contribution in [2.24, 2.45) is 0 Å². The Bertz CT molecular complexity index is 600. The Morgan fingerprint density at radius 2 is 1.70 bits per heavy atom. The minimum absolute atomic E-state index is 0. The first-order valence-corrected chi connectivity index (χ1v) is 7.13. The number of benzene rings is 1. The van der Waals surface area contributed by atoms with Crippen LogP contribution in [0.15, 0.2) is 12.1 Å². The Hall–Kier alpha value is -0.310. The van der Waals surface area contributed by atoms with Crippen molar-refractivity contribution in [2.45, 2.75) is 24.2 Å². The van der Waals surface area contributed by atoms with Crippen LogP contribution in [0.1, 0.15) is 17.5 Å². The van der Waals surface area contributed by atoms with E-state index in [0.717, 1.165) is 5.56 Å². The second kappa shape index (κ2) is 6.21. The second-order valence-corrected chi connectivity index (χ2v) is 6.22. The maximum Gasteiger partial charge on any atom is 1.00 e. The van der Waals surface area contributed by atoms with E-state index in [0.29, 0.717) is 23.5 Å². The van der Waals surface area contributed by atoms with Gasteiger partial charge >= 0.3 is 29.6 Å². The summed E-state index contributed by atoms with van der Waals surface area (Å²) in [6, 6.07) is 3.34. The summed E-state index contributed by atoms with van der Waals surface area (Å²) in [5, 5.41) is 9.97. The van der Waals surface area contributed by atoms with Crippen LogP contribution in [0.3, 0.4) is 0 Å². The molecule has 1 N–H and O–H groups in total. The summed E-state index contributed by atoms with van der Waals surface area (Å²) in [6.07, 6.45) is -0.0382. The van der Waals surface area contributed by atoms with Crippen molar-refractivity contribution >= 4 is 10.1 Å². The Labute approximate surface area is 140 Å². The molecule has 0 saturated carbocycles. The molecule has 6 nitrogen and oxygen atoms in total. The zero-order valence-corrected chi connectivity index (χ0v) is 14.5. The van der Waals surface area contributed by atoms with Gasteiger partial charge in [0.25, 0.3) is 0 Å². The minimum atomic E-state index is -4.77. The maximum atomic E-state index is 11.1. The first-order valence-electron chi connectivity index (χ1n) is 5.72. The molecule has 1 aromatic rings. The number of methoxy groups -OCH3 is 2. The molecular weight excluding hydrogens is 295 g/mol. The molecule has 106 valence electrons. The third-order valence-corrected chi connectivity index (χ3v) is 4.70. The van der Waals surface area contributed by atoms with Crippen molar-refractivity contribution in [3.05, 3.63) is 23.3 Å². The molecule has 1 aliphatic carbocycles. The molecule has 0 radical (unpaired) electrons. The van der Waals surface area contributed by atoms with E-state index in [-0.39, 0.29) is 42.4 Å². The molecule has 1 unspecified atom stereocenters. The number of fused-ring (bicyclic) bond motifs is 1.